The Morgan fingerprint density at radius 2 is 1.79 bits per heavy atom. The molecule has 0 aliphatic rings. The van der Waals surface area contributed by atoms with Gasteiger partial charge in [0.2, 0.25) is 0 Å². The third kappa shape index (κ3) is 5.31. The van der Waals surface area contributed by atoms with Gasteiger partial charge >= 0.3 is 0 Å². The van der Waals surface area contributed by atoms with Crippen LogP contribution >= 0.6 is 0 Å². The smallest absolute Gasteiger partial charge is 0.265 e. The van der Waals surface area contributed by atoms with Crippen LogP contribution in [0.1, 0.15) is 49.4 Å². The Hall–Kier alpha value is -4.43. The summed E-state index contributed by atoms with van der Waals surface area (Å²) in [5.74, 6) is 0.543. The number of nitrogens with zero attached hydrogens (tertiary/aromatic N) is 3. The van der Waals surface area contributed by atoms with E-state index in [0.29, 0.717) is 70.7 Å². The van der Waals surface area contributed by atoms with E-state index in [1.807, 2.05) is 18.2 Å². The molecule has 7 nitrogen and oxygen atoms in total. The molecule has 5 aromatic rings. The minimum absolute atomic E-state index is 0.112. The molecule has 8 heteroatoms. The van der Waals surface area contributed by atoms with E-state index in [1.54, 1.807) is 55.5 Å². The number of fused-ring (bicyclic) bond motifs is 1. The average Bonchev–Trinajstić information content (AvgIpc) is 3.42. The SMILES string of the molecule is CC(=O)CCCCc1nc2cc(-c3cc([C@@H](O)c4ccccc4)on3)ccc2c(=O)n1-c1ccc(F)cc1. The number of benzene rings is 3. The molecule has 0 saturated carbocycles. The van der Waals surface area contributed by atoms with Gasteiger partial charge in [-0.15, -0.1) is 0 Å². The van der Waals surface area contributed by atoms with Crippen molar-refractivity contribution in [2.45, 2.75) is 38.7 Å². The third-order valence-electron chi connectivity index (χ3n) is 6.41. The first-order valence-electron chi connectivity index (χ1n) is 12.4. The molecule has 5 rings (SSSR count). The Morgan fingerprint density at radius 3 is 2.53 bits per heavy atom. The second kappa shape index (κ2) is 10.9. The van der Waals surface area contributed by atoms with Crippen molar-refractivity contribution >= 4 is 16.7 Å². The molecular formula is C30H26FN3O4. The number of Topliss-reactive ketones (excluding diaryl/α,β-unsaturated/α-hetero) is 1. The molecule has 2 aromatic heterocycles. The lowest BCUT2D eigenvalue weighted by molar-refractivity contribution is -0.117. The number of aliphatic hydroxyl groups is 1. The summed E-state index contributed by atoms with van der Waals surface area (Å²) in [7, 11) is 0. The first kappa shape index (κ1) is 25.2. The monoisotopic (exact) mass is 511 g/mol. The van der Waals surface area contributed by atoms with Crippen molar-refractivity contribution in [2.24, 2.45) is 0 Å². The molecule has 2 heterocycles. The quantitative estimate of drug-likeness (QED) is 0.260. The van der Waals surface area contributed by atoms with Crippen molar-refractivity contribution in [3.63, 3.8) is 0 Å². The lowest BCUT2D eigenvalue weighted by Gasteiger charge is -2.14. The maximum atomic E-state index is 13.6. The van der Waals surface area contributed by atoms with Crippen LogP contribution in [0.3, 0.4) is 0 Å². The molecule has 0 bridgehead atoms. The number of carbonyl (C=O) groups excluding carboxylic acids is 1. The highest BCUT2D eigenvalue weighted by atomic mass is 19.1. The molecule has 0 aliphatic carbocycles. The van der Waals surface area contributed by atoms with E-state index in [0.717, 1.165) is 0 Å². The van der Waals surface area contributed by atoms with E-state index in [-0.39, 0.29) is 11.3 Å². The fourth-order valence-electron chi connectivity index (χ4n) is 4.43. The summed E-state index contributed by atoms with van der Waals surface area (Å²) >= 11 is 0. The van der Waals surface area contributed by atoms with E-state index in [9.17, 15) is 19.1 Å². The van der Waals surface area contributed by atoms with Crippen LogP contribution in [0.5, 0.6) is 0 Å². The number of aliphatic hydroxyl groups excluding tert-OH is 1. The van der Waals surface area contributed by atoms with Gasteiger partial charge in [0.25, 0.3) is 5.56 Å². The largest absolute Gasteiger partial charge is 0.380 e. The number of carbonyl (C=O) groups is 1. The summed E-state index contributed by atoms with van der Waals surface area (Å²) in [6.45, 7) is 1.55. The van der Waals surface area contributed by atoms with Gasteiger partial charge in [-0.2, -0.15) is 0 Å². The van der Waals surface area contributed by atoms with Gasteiger partial charge in [-0.1, -0.05) is 41.6 Å². The van der Waals surface area contributed by atoms with Crippen molar-refractivity contribution in [2.75, 3.05) is 0 Å². The number of aromatic nitrogens is 3. The number of hydrogen-bond donors (Lipinski definition) is 1. The number of rotatable bonds is 9. The maximum absolute atomic E-state index is 13.6. The second-order valence-electron chi connectivity index (χ2n) is 9.21. The molecule has 0 fully saturated rings. The van der Waals surface area contributed by atoms with E-state index >= 15 is 0 Å². The Bertz CT molecular complexity index is 1640. The molecule has 38 heavy (non-hydrogen) atoms. The Morgan fingerprint density at radius 1 is 1.03 bits per heavy atom. The van der Waals surface area contributed by atoms with Crippen LogP contribution in [0, 0.1) is 5.82 Å². The van der Waals surface area contributed by atoms with E-state index in [4.69, 9.17) is 9.51 Å². The average molecular weight is 512 g/mol. The van der Waals surface area contributed by atoms with Crippen LogP contribution in [0.25, 0.3) is 27.8 Å². The van der Waals surface area contributed by atoms with Crippen molar-refractivity contribution in [1.29, 1.82) is 0 Å². The van der Waals surface area contributed by atoms with Crippen molar-refractivity contribution in [1.82, 2.24) is 14.7 Å². The van der Waals surface area contributed by atoms with E-state index in [1.165, 1.54) is 16.7 Å². The summed E-state index contributed by atoms with van der Waals surface area (Å²) in [6, 6.07) is 21.7. The van der Waals surface area contributed by atoms with Crippen LogP contribution in [0.15, 0.2) is 88.2 Å². The van der Waals surface area contributed by atoms with Crippen molar-refractivity contribution in [3.05, 3.63) is 112 Å². The maximum Gasteiger partial charge on any atom is 0.265 e. The Balaban J connectivity index is 1.53. The summed E-state index contributed by atoms with van der Waals surface area (Å²) in [5, 5.41) is 15.2. The lowest BCUT2D eigenvalue weighted by Crippen LogP contribution is -2.24. The molecule has 3 aromatic carbocycles. The molecule has 1 atom stereocenters. The highest BCUT2D eigenvalue weighted by molar-refractivity contribution is 5.83. The zero-order chi connectivity index (χ0) is 26.6. The molecule has 0 saturated heterocycles. The van der Waals surface area contributed by atoms with Crippen molar-refractivity contribution in [3.8, 4) is 16.9 Å². The lowest BCUT2D eigenvalue weighted by atomic mass is 10.1. The molecule has 1 N–H and O–H groups in total. The Kier molecular flexibility index (Phi) is 7.24. The van der Waals surface area contributed by atoms with Gasteiger partial charge in [0.1, 0.15) is 29.2 Å². The van der Waals surface area contributed by atoms with Crippen LogP contribution in [-0.4, -0.2) is 25.6 Å². The molecular weight excluding hydrogens is 485 g/mol. The number of ketones is 1. The third-order valence-corrected chi connectivity index (χ3v) is 6.41. The molecule has 0 unspecified atom stereocenters. The Labute approximate surface area is 218 Å². The molecule has 0 amide bonds. The fraction of sp³-hybridized carbons (Fsp3) is 0.200. The predicted molar refractivity (Wildman–Crippen MR) is 142 cm³/mol. The number of halogens is 1. The minimum atomic E-state index is -0.958. The predicted octanol–water partition coefficient (Wildman–Crippen LogP) is 5.56. The van der Waals surface area contributed by atoms with E-state index in [2.05, 4.69) is 5.16 Å². The summed E-state index contributed by atoms with van der Waals surface area (Å²) in [6.07, 6.45) is 1.32. The zero-order valence-electron chi connectivity index (χ0n) is 20.8. The van der Waals surface area contributed by atoms with Gasteiger partial charge in [-0.25, -0.2) is 9.37 Å². The van der Waals surface area contributed by atoms with Gasteiger partial charge < -0.3 is 14.4 Å². The van der Waals surface area contributed by atoms with Crippen LogP contribution in [0.4, 0.5) is 4.39 Å². The van der Waals surface area contributed by atoms with Crippen LogP contribution in [0.2, 0.25) is 0 Å². The van der Waals surface area contributed by atoms with Crippen LogP contribution < -0.4 is 5.56 Å². The fourth-order valence-corrected chi connectivity index (χ4v) is 4.43. The summed E-state index contributed by atoms with van der Waals surface area (Å²) < 4.78 is 20.5. The first-order valence-corrected chi connectivity index (χ1v) is 12.4. The van der Waals surface area contributed by atoms with Crippen LogP contribution in [-0.2, 0) is 11.2 Å². The summed E-state index contributed by atoms with van der Waals surface area (Å²) in [5.41, 5.74) is 2.61. The van der Waals surface area contributed by atoms with Gasteiger partial charge in [0.15, 0.2) is 5.76 Å². The molecule has 0 aliphatic heterocycles. The summed E-state index contributed by atoms with van der Waals surface area (Å²) in [4.78, 5) is 29.8. The normalized spacial score (nSPS) is 12.1. The first-order chi connectivity index (χ1) is 18.4. The van der Waals surface area contributed by atoms with Gasteiger partial charge in [-0.3, -0.25) is 9.36 Å². The highest BCUT2D eigenvalue weighted by Gasteiger charge is 2.18. The second-order valence-corrected chi connectivity index (χ2v) is 9.21. The van der Waals surface area contributed by atoms with Gasteiger partial charge in [0.05, 0.1) is 16.6 Å². The highest BCUT2D eigenvalue weighted by Crippen LogP contribution is 2.28. The van der Waals surface area contributed by atoms with Gasteiger partial charge in [0, 0.05) is 24.5 Å². The van der Waals surface area contributed by atoms with E-state index < -0.39 is 11.9 Å². The molecule has 0 radical (unpaired) electrons. The zero-order valence-corrected chi connectivity index (χ0v) is 20.8. The molecule has 0 spiro atoms. The number of hydrogen-bond acceptors (Lipinski definition) is 6. The number of aryl methyl sites for hydroxylation is 1. The number of unbranched alkanes of at least 4 members (excludes halogenated alkanes) is 1. The van der Waals surface area contributed by atoms with Crippen molar-refractivity contribution < 1.29 is 18.8 Å². The molecule has 192 valence electrons. The minimum Gasteiger partial charge on any atom is -0.380 e. The van der Waals surface area contributed by atoms with Gasteiger partial charge in [-0.05, 0) is 61.7 Å². The standard InChI is InChI=1S/C30H26FN3O4/c1-19(35)7-5-6-10-28-32-26-17-21(25-18-27(38-33-25)29(36)20-8-3-2-4-9-20)11-16-24(26)30(37)34(28)23-14-12-22(31)13-15-23/h2-4,8-9,11-18,29,36H,5-7,10H2,1H3/t29-/m0/s1. The topological polar surface area (TPSA) is 98.2 Å².